The lowest BCUT2D eigenvalue weighted by Crippen LogP contribution is -2.43. The lowest BCUT2D eigenvalue weighted by molar-refractivity contribution is 0.0169. The molecule has 8 heteroatoms. The third kappa shape index (κ3) is 4.75. The molecule has 1 N–H and O–H groups in total. The Morgan fingerprint density at radius 2 is 2.00 bits per heavy atom. The number of nitrogens with zero attached hydrogens (tertiary/aromatic N) is 3. The topological polar surface area (TPSA) is 59.4 Å². The first-order valence-electron chi connectivity index (χ1n) is 10.0. The molecule has 158 valence electrons. The predicted molar refractivity (Wildman–Crippen MR) is 119 cm³/mol. The predicted octanol–water partition coefficient (Wildman–Crippen LogP) is 3.76. The molecule has 4 rings (SSSR count). The molecule has 1 aromatic carbocycles. The largest absolute Gasteiger partial charge is 0.379 e. The minimum absolute atomic E-state index is 0.122. The third-order valence-corrected chi connectivity index (χ3v) is 6.64. The number of carbonyl (C=O) groups is 1. The highest BCUT2D eigenvalue weighted by Gasteiger charge is 2.26. The van der Waals surface area contributed by atoms with E-state index in [0.29, 0.717) is 42.7 Å². The highest BCUT2D eigenvalue weighted by atomic mass is 35.5. The molecule has 0 saturated carbocycles. The number of ether oxygens (including phenoxy) is 1. The summed E-state index contributed by atoms with van der Waals surface area (Å²) in [5, 5.41) is 10.0. The number of benzene rings is 1. The van der Waals surface area contributed by atoms with Crippen LogP contribution in [0.25, 0.3) is 0 Å². The van der Waals surface area contributed by atoms with Crippen molar-refractivity contribution in [3.8, 4) is 0 Å². The monoisotopic (exact) mass is 444 g/mol. The molecule has 2 aromatic heterocycles. The Kier molecular flexibility index (Phi) is 6.84. The van der Waals surface area contributed by atoms with Gasteiger partial charge in [-0.1, -0.05) is 48.0 Å². The summed E-state index contributed by atoms with van der Waals surface area (Å²) in [5.41, 5.74) is 2.16. The van der Waals surface area contributed by atoms with Gasteiger partial charge in [-0.25, -0.2) is 4.68 Å². The maximum absolute atomic E-state index is 13.0. The van der Waals surface area contributed by atoms with E-state index in [4.69, 9.17) is 16.3 Å². The van der Waals surface area contributed by atoms with E-state index < -0.39 is 0 Å². The molecule has 1 aliphatic rings. The Bertz CT molecular complexity index is 969. The van der Waals surface area contributed by atoms with Gasteiger partial charge in [0, 0.05) is 24.5 Å². The van der Waals surface area contributed by atoms with Crippen molar-refractivity contribution >= 4 is 28.8 Å². The standard InChI is InChI=1S/C22H25ClN4O2S/c1-16-20(21(23)27(25-16)15-17-6-3-2-4-7-17)22(28)24-14-18(19-8-5-13-30-19)26-9-11-29-12-10-26/h2-8,13,18H,9-12,14-15H2,1H3,(H,24,28). The SMILES string of the molecule is Cc1nn(Cc2ccccc2)c(Cl)c1C(=O)NCC(c1cccs1)N1CCOCC1. The van der Waals surface area contributed by atoms with Crippen molar-refractivity contribution in [2.24, 2.45) is 0 Å². The van der Waals surface area contributed by atoms with Gasteiger partial charge in [0.1, 0.15) is 5.15 Å². The van der Waals surface area contributed by atoms with Crippen molar-refractivity contribution < 1.29 is 9.53 Å². The van der Waals surface area contributed by atoms with E-state index in [0.717, 1.165) is 18.7 Å². The number of morpholine rings is 1. The average Bonchev–Trinajstić information content (AvgIpc) is 3.38. The fraction of sp³-hybridized carbons (Fsp3) is 0.364. The van der Waals surface area contributed by atoms with Gasteiger partial charge in [-0.05, 0) is 23.9 Å². The first kappa shape index (κ1) is 21.1. The zero-order chi connectivity index (χ0) is 20.9. The molecule has 0 bridgehead atoms. The quantitative estimate of drug-likeness (QED) is 0.602. The molecule has 6 nitrogen and oxygen atoms in total. The highest BCUT2D eigenvalue weighted by Crippen LogP contribution is 2.26. The Morgan fingerprint density at radius 3 is 2.70 bits per heavy atom. The summed E-state index contributed by atoms with van der Waals surface area (Å²) in [7, 11) is 0. The van der Waals surface area contributed by atoms with Crippen LogP contribution >= 0.6 is 22.9 Å². The number of hydrogen-bond donors (Lipinski definition) is 1. The van der Waals surface area contributed by atoms with E-state index in [1.807, 2.05) is 43.3 Å². The van der Waals surface area contributed by atoms with Gasteiger partial charge < -0.3 is 10.1 Å². The van der Waals surface area contributed by atoms with E-state index in [2.05, 4.69) is 26.8 Å². The number of thiophene rings is 1. The third-order valence-electron chi connectivity index (χ3n) is 5.28. The number of amides is 1. The number of halogens is 1. The maximum Gasteiger partial charge on any atom is 0.256 e. The summed E-state index contributed by atoms with van der Waals surface area (Å²) < 4.78 is 7.17. The van der Waals surface area contributed by atoms with E-state index >= 15 is 0 Å². The molecule has 1 fully saturated rings. The number of carbonyl (C=O) groups excluding carboxylic acids is 1. The van der Waals surface area contributed by atoms with Crippen molar-refractivity contribution in [3.05, 3.63) is 74.7 Å². The van der Waals surface area contributed by atoms with Crippen LogP contribution in [0, 0.1) is 6.92 Å². The van der Waals surface area contributed by atoms with Crippen LogP contribution < -0.4 is 5.32 Å². The summed E-state index contributed by atoms with van der Waals surface area (Å²) in [6, 6.07) is 14.2. The van der Waals surface area contributed by atoms with Crippen LogP contribution in [0.2, 0.25) is 5.15 Å². The van der Waals surface area contributed by atoms with Crippen molar-refractivity contribution in [1.29, 1.82) is 0 Å². The molecule has 1 amide bonds. The molecule has 0 aliphatic carbocycles. The highest BCUT2D eigenvalue weighted by molar-refractivity contribution is 7.10. The number of hydrogen-bond acceptors (Lipinski definition) is 5. The molecular weight excluding hydrogens is 420 g/mol. The van der Waals surface area contributed by atoms with Crippen LogP contribution in [0.15, 0.2) is 47.8 Å². The molecule has 1 saturated heterocycles. The Morgan fingerprint density at radius 1 is 1.23 bits per heavy atom. The van der Waals surface area contributed by atoms with E-state index in [1.54, 1.807) is 16.0 Å². The second-order valence-corrected chi connectivity index (χ2v) is 8.62. The van der Waals surface area contributed by atoms with Crippen molar-refractivity contribution in [3.63, 3.8) is 0 Å². The van der Waals surface area contributed by atoms with E-state index in [1.165, 1.54) is 4.88 Å². The van der Waals surface area contributed by atoms with Gasteiger partial charge in [-0.2, -0.15) is 5.10 Å². The zero-order valence-electron chi connectivity index (χ0n) is 16.9. The summed E-state index contributed by atoms with van der Waals surface area (Å²) in [5.74, 6) is -0.188. The van der Waals surface area contributed by atoms with E-state index in [-0.39, 0.29) is 11.9 Å². The smallest absolute Gasteiger partial charge is 0.256 e. The van der Waals surface area contributed by atoms with Crippen molar-refractivity contribution in [2.75, 3.05) is 32.8 Å². The van der Waals surface area contributed by atoms with Crippen molar-refractivity contribution in [2.45, 2.75) is 19.5 Å². The van der Waals surface area contributed by atoms with Crippen LogP contribution in [-0.4, -0.2) is 53.4 Å². The second kappa shape index (κ2) is 9.75. The number of nitrogens with one attached hydrogen (secondary N) is 1. The maximum atomic E-state index is 13.0. The summed E-state index contributed by atoms with van der Waals surface area (Å²) >= 11 is 8.26. The molecule has 3 heterocycles. The summed E-state index contributed by atoms with van der Waals surface area (Å²) in [6.45, 7) is 6.00. The molecular formula is C22H25ClN4O2S. The van der Waals surface area contributed by atoms with Crippen LogP contribution in [-0.2, 0) is 11.3 Å². The number of aromatic nitrogens is 2. The molecule has 0 spiro atoms. The lowest BCUT2D eigenvalue weighted by Gasteiger charge is -2.34. The average molecular weight is 445 g/mol. The summed E-state index contributed by atoms with van der Waals surface area (Å²) in [4.78, 5) is 16.6. The van der Waals surface area contributed by atoms with Gasteiger partial charge in [0.25, 0.3) is 5.91 Å². The summed E-state index contributed by atoms with van der Waals surface area (Å²) in [6.07, 6.45) is 0. The van der Waals surface area contributed by atoms with Gasteiger partial charge in [0.05, 0.1) is 37.1 Å². The second-order valence-electron chi connectivity index (χ2n) is 7.28. The fourth-order valence-electron chi connectivity index (χ4n) is 3.73. The first-order chi connectivity index (χ1) is 14.6. The Hall–Kier alpha value is -2.19. The van der Waals surface area contributed by atoms with Crippen LogP contribution in [0.3, 0.4) is 0 Å². The Balaban J connectivity index is 1.47. The van der Waals surface area contributed by atoms with Gasteiger partial charge in [0.2, 0.25) is 0 Å². The minimum Gasteiger partial charge on any atom is -0.379 e. The molecule has 1 atom stereocenters. The van der Waals surface area contributed by atoms with Gasteiger partial charge in [0.15, 0.2) is 0 Å². The molecule has 30 heavy (non-hydrogen) atoms. The van der Waals surface area contributed by atoms with Crippen LogP contribution in [0.4, 0.5) is 0 Å². The van der Waals surface area contributed by atoms with Crippen LogP contribution in [0.5, 0.6) is 0 Å². The first-order valence-corrected chi connectivity index (χ1v) is 11.3. The normalized spacial score (nSPS) is 15.8. The van der Waals surface area contributed by atoms with Gasteiger partial charge in [-0.3, -0.25) is 9.69 Å². The molecule has 0 radical (unpaired) electrons. The number of rotatable bonds is 7. The van der Waals surface area contributed by atoms with Crippen molar-refractivity contribution in [1.82, 2.24) is 20.0 Å². The number of aryl methyl sites for hydroxylation is 1. The molecule has 3 aromatic rings. The van der Waals surface area contributed by atoms with Gasteiger partial charge in [-0.15, -0.1) is 11.3 Å². The van der Waals surface area contributed by atoms with Gasteiger partial charge >= 0.3 is 0 Å². The fourth-order valence-corrected chi connectivity index (χ4v) is 4.91. The zero-order valence-corrected chi connectivity index (χ0v) is 18.5. The molecule has 1 unspecified atom stereocenters. The molecule has 1 aliphatic heterocycles. The van der Waals surface area contributed by atoms with E-state index in [9.17, 15) is 4.79 Å². The lowest BCUT2D eigenvalue weighted by atomic mass is 10.1. The van der Waals surface area contributed by atoms with Crippen LogP contribution in [0.1, 0.15) is 32.5 Å². The Labute approximate surface area is 185 Å². The minimum atomic E-state index is -0.188.